The number of ether oxygens (including phenoxy) is 1. The first-order chi connectivity index (χ1) is 11.2. The summed E-state index contributed by atoms with van der Waals surface area (Å²) in [5.74, 6) is -0.776. The summed E-state index contributed by atoms with van der Waals surface area (Å²) in [5, 5.41) is 8.81. The van der Waals surface area contributed by atoms with Crippen molar-refractivity contribution in [1.82, 2.24) is 0 Å². The molecule has 0 saturated heterocycles. The maximum Gasteiger partial charge on any atom is 0.337 e. The van der Waals surface area contributed by atoms with Gasteiger partial charge in [0, 0.05) is 7.05 Å². The van der Waals surface area contributed by atoms with E-state index in [1.165, 1.54) is 14.2 Å². The van der Waals surface area contributed by atoms with Crippen molar-refractivity contribution in [1.29, 1.82) is 0 Å². The largest absolute Gasteiger partial charge is 0.497 e. The Hall–Kier alpha value is -1.96. The number of halogens is 2. The third kappa shape index (κ3) is 3.43. The van der Waals surface area contributed by atoms with Crippen LogP contribution in [0.3, 0.4) is 0 Å². The molecule has 2 aromatic rings. The van der Waals surface area contributed by atoms with Gasteiger partial charge in [0.1, 0.15) is 10.6 Å². The molecule has 0 bridgehead atoms. The Morgan fingerprint density at radius 2 is 1.71 bits per heavy atom. The molecule has 2 rings (SSSR count). The van der Waals surface area contributed by atoms with Crippen molar-refractivity contribution < 1.29 is 23.1 Å². The predicted octanol–water partition coefficient (Wildman–Crippen LogP) is 3.53. The highest BCUT2D eigenvalue weighted by Gasteiger charge is 2.27. The van der Waals surface area contributed by atoms with Crippen LogP contribution in [0.5, 0.6) is 5.75 Å². The fraction of sp³-hybridized carbons (Fsp3) is 0.133. The summed E-state index contributed by atoms with van der Waals surface area (Å²) in [6, 6.07) is 8.36. The van der Waals surface area contributed by atoms with E-state index in [0.29, 0.717) is 11.4 Å². The highest BCUT2D eigenvalue weighted by molar-refractivity contribution is 7.93. The summed E-state index contributed by atoms with van der Waals surface area (Å²) in [6.45, 7) is 0. The third-order valence-electron chi connectivity index (χ3n) is 3.33. The monoisotopic (exact) mass is 389 g/mol. The van der Waals surface area contributed by atoms with Crippen LogP contribution < -0.4 is 9.04 Å². The molecule has 0 radical (unpaired) electrons. The molecule has 6 nitrogen and oxygen atoms in total. The molecule has 0 aliphatic rings. The van der Waals surface area contributed by atoms with E-state index >= 15 is 0 Å². The lowest BCUT2D eigenvalue weighted by Gasteiger charge is -2.21. The number of methoxy groups -OCH3 is 1. The van der Waals surface area contributed by atoms with Crippen molar-refractivity contribution in [2.24, 2.45) is 0 Å². The zero-order valence-corrected chi connectivity index (χ0v) is 15.0. The van der Waals surface area contributed by atoms with Gasteiger partial charge in [0.25, 0.3) is 10.0 Å². The molecule has 2 aromatic carbocycles. The summed E-state index contributed by atoms with van der Waals surface area (Å²) in [4.78, 5) is 10.8. The number of hydrogen-bond acceptors (Lipinski definition) is 4. The molecule has 0 fully saturated rings. The van der Waals surface area contributed by atoms with Crippen molar-refractivity contribution in [3.05, 3.63) is 52.0 Å². The lowest BCUT2D eigenvalue weighted by molar-refractivity contribution is 0.0697. The van der Waals surface area contributed by atoms with Crippen LogP contribution in [0.1, 0.15) is 10.4 Å². The number of anilines is 1. The maximum atomic E-state index is 12.8. The molecular weight excluding hydrogens is 377 g/mol. The zero-order valence-electron chi connectivity index (χ0n) is 12.7. The minimum atomic E-state index is -4.08. The Labute approximate surface area is 149 Å². The fourth-order valence-corrected chi connectivity index (χ4v) is 3.99. The average Bonchev–Trinajstić information content (AvgIpc) is 2.53. The first kappa shape index (κ1) is 18.4. The highest BCUT2D eigenvalue weighted by atomic mass is 35.5. The fourth-order valence-electron chi connectivity index (χ4n) is 1.97. The molecule has 0 saturated carbocycles. The molecule has 0 heterocycles. The summed E-state index contributed by atoms with van der Waals surface area (Å²) < 4.78 is 31.6. The minimum Gasteiger partial charge on any atom is -0.497 e. The van der Waals surface area contributed by atoms with Gasteiger partial charge in [-0.1, -0.05) is 23.2 Å². The Morgan fingerprint density at radius 1 is 1.12 bits per heavy atom. The number of hydrogen-bond donors (Lipinski definition) is 1. The van der Waals surface area contributed by atoms with E-state index in [4.69, 9.17) is 33.0 Å². The highest BCUT2D eigenvalue weighted by Crippen LogP contribution is 2.32. The number of aromatic carboxylic acids is 1. The van der Waals surface area contributed by atoms with E-state index < -0.39 is 16.0 Å². The summed E-state index contributed by atoms with van der Waals surface area (Å²) in [5.41, 5.74) is 0.0152. The van der Waals surface area contributed by atoms with Crippen LogP contribution in [-0.2, 0) is 10.0 Å². The van der Waals surface area contributed by atoms with Crippen LogP contribution in [0, 0.1) is 0 Å². The molecule has 0 aliphatic heterocycles. The number of rotatable bonds is 5. The van der Waals surface area contributed by atoms with Crippen molar-refractivity contribution in [2.45, 2.75) is 4.90 Å². The van der Waals surface area contributed by atoms with Gasteiger partial charge in [0.15, 0.2) is 0 Å². The van der Waals surface area contributed by atoms with Gasteiger partial charge in [-0.15, -0.1) is 0 Å². The normalized spacial score (nSPS) is 11.2. The van der Waals surface area contributed by atoms with Gasteiger partial charge in [-0.2, -0.15) is 0 Å². The molecule has 0 spiro atoms. The molecule has 9 heteroatoms. The van der Waals surface area contributed by atoms with Crippen molar-refractivity contribution >= 4 is 44.9 Å². The minimum absolute atomic E-state index is 0.140. The number of carbonyl (C=O) groups is 1. The van der Waals surface area contributed by atoms with Crippen molar-refractivity contribution in [3.63, 3.8) is 0 Å². The predicted molar refractivity (Wildman–Crippen MR) is 92.0 cm³/mol. The second-order valence-electron chi connectivity index (χ2n) is 4.74. The Morgan fingerprint density at radius 3 is 2.21 bits per heavy atom. The summed E-state index contributed by atoms with van der Waals surface area (Å²) >= 11 is 11.8. The van der Waals surface area contributed by atoms with E-state index in [1.54, 1.807) is 24.3 Å². The molecule has 0 aromatic heterocycles. The van der Waals surface area contributed by atoms with Gasteiger partial charge < -0.3 is 9.84 Å². The number of sulfonamides is 1. The smallest absolute Gasteiger partial charge is 0.337 e. The van der Waals surface area contributed by atoms with Gasteiger partial charge in [-0.05, 0) is 36.4 Å². The van der Waals surface area contributed by atoms with Crippen LogP contribution in [0.4, 0.5) is 5.69 Å². The van der Waals surface area contributed by atoms with Crippen LogP contribution in [0.15, 0.2) is 41.3 Å². The summed E-state index contributed by atoms with van der Waals surface area (Å²) in [6.07, 6.45) is 0. The zero-order chi connectivity index (χ0) is 18.1. The van der Waals surface area contributed by atoms with Gasteiger partial charge in [-0.3, -0.25) is 4.31 Å². The number of carboxylic acids is 1. The summed E-state index contributed by atoms with van der Waals surface area (Å²) in [7, 11) is -1.24. The topological polar surface area (TPSA) is 83.9 Å². The maximum absolute atomic E-state index is 12.8. The van der Waals surface area contributed by atoms with Crippen LogP contribution in [-0.4, -0.2) is 33.7 Å². The van der Waals surface area contributed by atoms with E-state index in [0.717, 1.165) is 16.4 Å². The first-order valence-corrected chi connectivity index (χ1v) is 8.73. The van der Waals surface area contributed by atoms with Gasteiger partial charge in [-0.25, -0.2) is 13.2 Å². The Balaban J connectivity index is 2.53. The van der Waals surface area contributed by atoms with E-state index in [1.807, 2.05) is 0 Å². The third-order valence-corrected chi connectivity index (χ3v) is 5.89. The molecule has 128 valence electrons. The first-order valence-electron chi connectivity index (χ1n) is 6.53. The lowest BCUT2D eigenvalue weighted by atomic mass is 10.2. The van der Waals surface area contributed by atoms with Gasteiger partial charge >= 0.3 is 5.97 Å². The second kappa shape index (κ2) is 6.88. The second-order valence-corrected chi connectivity index (χ2v) is 7.49. The van der Waals surface area contributed by atoms with Gasteiger partial charge in [0.2, 0.25) is 0 Å². The van der Waals surface area contributed by atoms with E-state index in [2.05, 4.69) is 0 Å². The Bertz CT molecular complexity index is 881. The molecule has 0 atom stereocenters. The van der Waals surface area contributed by atoms with Crippen molar-refractivity contribution in [3.8, 4) is 5.75 Å². The molecule has 0 amide bonds. The van der Waals surface area contributed by atoms with Crippen molar-refractivity contribution in [2.75, 3.05) is 18.5 Å². The average molecular weight is 390 g/mol. The van der Waals surface area contributed by atoms with Crippen LogP contribution in [0.25, 0.3) is 0 Å². The number of nitrogens with zero attached hydrogens (tertiary/aromatic N) is 1. The van der Waals surface area contributed by atoms with Crippen LogP contribution >= 0.6 is 23.2 Å². The quantitative estimate of drug-likeness (QED) is 0.845. The lowest BCUT2D eigenvalue weighted by Crippen LogP contribution is -2.27. The van der Waals surface area contributed by atoms with Crippen LogP contribution in [0.2, 0.25) is 10.0 Å². The molecular formula is C15H13Cl2NO5S. The molecule has 1 N–H and O–H groups in total. The SMILES string of the molecule is COc1ccc(N(C)S(=O)(=O)c2cc(C(=O)O)c(Cl)cc2Cl)cc1. The Kier molecular flexibility index (Phi) is 5.27. The number of benzene rings is 2. The van der Waals surface area contributed by atoms with E-state index in [-0.39, 0.29) is 20.5 Å². The molecule has 0 aliphatic carbocycles. The van der Waals surface area contributed by atoms with Gasteiger partial charge in [0.05, 0.1) is 28.4 Å². The standard InChI is InChI=1S/C15H13Cl2NO5S/c1-18(9-3-5-10(23-2)6-4-9)24(21,22)14-7-11(15(19)20)12(16)8-13(14)17/h3-8H,1-2H3,(H,19,20). The molecule has 0 unspecified atom stereocenters. The number of carboxylic acid groups (broad SMARTS) is 1. The van der Waals surface area contributed by atoms with E-state index in [9.17, 15) is 13.2 Å². The molecule has 24 heavy (non-hydrogen) atoms.